The Bertz CT molecular complexity index is 571. The topological polar surface area (TPSA) is 130 Å². The van der Waals surface area contributed by atoms with Crippen LogP contribution in [0.25, 0.3) is 10.4 Å². The molecular formula is C16H24N4O5. The second kappa shape index (κ2) is 10.5. The molecule has 0 bridgehead atoms. The summed E-state index contributed by atoms with van der Waals surface area (Å²) in [5, 5.41) is 6.42. The molecule has 0 aliphatic heterocycles. The van der Waals surface area contributed by atoms with Crippen molar-refractivity contribution in [3.8, 4) is 0 Å². The third kappa shape index (κ3) is 6.21. The van der Waals surface area contributed by atoms with Gasteiger partial charge in [0.15, 0.2) is 0 Å². The van der Waals surface area contributed by atoms with E-state index in [4.69, 9.17) is 15.0 Å². The average molecular weight is 352 g/mol. The first-order valence-electron chi connectivity index (χ1n) is 8.24. The Morgan fingerprint density at radius 2 is 2.24 bits per heavy atom. The van der Waals surface area contributed by atoms with Crippen LogP contribution in [0.5, 0.6) is 0 Å². The number of esters is 1. The normalized spacial score (nSPS) is 23.6. The van der Waals surface area contributed by atoms with Crippen LogP contribution in [0.15, 0.2) is 16.8 Å². The van der Waals surface area contributed by atoms with Crippen LogP contribution in [0.2, 0.25) is 0 Å². The Labute approximate surface area is 146 Å². The number of aldehydes is 1. The summed E-state index contributed by atoms with van der Waals surface area (Å²) in [6.07, 6.45) is 2.16. The zero-order valence-corrected chi connectivity index (χ0v) is 14.7. The number of ether oxygens (including phenoxy) is 2. The minimum Gasteiger partial charge on any atom is -0.463 e. The van der Waals surface area contributed by atoms with E-state index in [1.54, 1.807) is 13.0 Å². The van der Waals surface area contributed by atoms with Gasteiger partial charge in [0.05, 0.1) is 30.9 Å². The lowest BCUT2D eigenvalue weighted by molar-refractivity contribution is -0.139. The van der Waals surface area contributed by atoms with E-state index >= 15 is 0 Å². The molecule has 0 unspecified atom stereocenters. The van der Waals surface area contributed by atoms with Crippen LogP contribution in [0.1, 0.15) is 40.0 Å². The van der Waals surface area contributed by atoms with Gasteiger partial charge in [0, 0.05) is 23.8 Å². The Kier molecular flexibility index (Phi) is 8.66. The molecular weight excluding hydrogens is 328 g/mol. The lowest BCUT2D eigenvalue weighted by Gasteiger charge is -2.36. The van der Waals surface area contributed by atoms with Crippen LogP contribution in [0.4, 0.5) is 0 Å². The number of amides is 1. The molecule has 0 heterocycles. The quantitative estimate of drug-likeness (QED) is 0.222. The molecule has 9 nitrogen and oxygen atoms in total. The van der Waals surface area contributed by atoms with Gasteiger partial charge in [-0.25, -0.2) is 4.79 Å². The highest BCUT2D eigenvalue weighted by Crippen LogP contribution is 2.27. The first-order valence-corrected chi connectivity index (χ1v) is 8.24. The van der Waals surface area contributed by atoms with Gasteiger partial charge in [0.2, 0.25) is 5.91 Å². The van der Waals surface area contributed by atoms with Crippen LogP contribution in [-0.2, 0) is 23.9 Å². The summed E-state index contributed by atoms with van der Waals surface area (Å²) < 4.78 is 10.9. The van der Waals surface area contributed by atoms with Gasteiger partial charge in [0.25, 0.3) is 0 Å². The molecule has 1 N–H and O–H groups in total. The van der Waals surface area contributed by atoms with Gasteiger partial charge in [-0.15, -0.1) is 0 Å². The highest BCUT2D eigenvalue weighted by atomic mass is 16.5. The van der Waals surface area contributed by atoms with E-state index < -0.39 is 24.2 Å². The largest absolute Gasteiger partial charge is 0.463 e. The first-order chi connectivity index (χ1) is 12.0. The molecule has 1 aliphatic carbocycles. The van der Waals surface area contributed by atoms with Gasteiger partial charge in [-0.2, -0.15) is 0 Å². The lowest BCUT2D eigenvalue weighted by atomic mass is 9.88. The predicted octanol–water partition coefficient (Wildman–Crippen LogP) is 1.82. The highest BCUT2D eigenvalue weighted by Gasteiger charge is 2.37. The molecule has 0 saturated heterocycles. The fourth-order valence-electron chi connectivity index (χ4n) is 2.68. The van der Waals surface area contributed by atoms with E-state index in [0.717, 1.165) is 6.29 Å². The van der Waals surface area contributed by atoms with Crippen molar-refractivity contribution >= 4 is 18.2 Å². The van der Waals surface area contributed by atoms with E-state index in [1.165, 1.54) is 6.92 Å². The molecule has 9 heteroatoms. The average Bonchev–Trinajstić information content (AvgIpc) is 2.56. The monoisotopic (exact) mass is 352 g/mol. The molecule has 0 spiro atoms. The van der Waals surface area contributed by atoms with E-state index in [0.29, 0.717) is 12.0 Å². The van der Waals surface area contributed by atoms with Gasteiger partial charge >= 0.3 is 5.97 Å². The maximum atomic E-state index is 12.1. The molecule has 0 saturated carbocycles. The van der Waals surface area contributed by atoms with Crippen LogP contribution in [0.3, 0.4) is 0 Å². The van der Waals surface area contributed by atoms with Crippen molar-refractivity contribution in [2.24, 2.45) is 5.11 Å². The minimum absolute atomic E-state index is 0.137. The summed E-state index contributed by atoms with van der Waals surface area (Å²) in [7, 11) is 0. The summed E-state index contributed by atoms with van der Waals surface area (Å²) in [6.45, 7) is 5.12. The molecule has 0 radical (unpaired) electrons. The SMILES string of the molecule is CCOC(=O)C1=C[C@@H](O[C@H](CC)CC=O)[C@H](NC(C)=O)[C@@H](N=[N+]=[N-])C1. The maximum absolute atomic E-state index is 12.1. The Hall–Kier alpha value is -2.38. The van der Waals surface area contributed by atoms with Crippen molar-refractivity contribution in [1.29, 1.82) is 0 Å². The molecule has 0 aromatic carbocycles. The third-order valence-corrected chi connectivity index (χ3v) is 3.83. The zero-order chi connectivity index (χ0) is 18.8. The van der Waals surface area contributed by atoms with Crippen molar-refractivity contribution in [1.82, 2.24) is 5.32 Å². The predicted molar refractivity (Wildman–Crippen MR) is 89.5 cm³/mol. The molecule has 0 aromatic rings. The van der Waals surface area contributed by atoms with Crippen molar-refractivity contribution in [2.45, 2.75) is 64.3 Å². The smallest absolute Gasteiger partial charge is 0.333 e. The fourth-order valence-corrected chi connectivity index (χ4v) is 2.68. The first kappa shape index (κ1) is 20.7. The van der Waals surface area contributed by atoms with Crippen LogP contribution in [-0.4, -0.2) is 49.1 Å². The minimum atomic E-state index is -0.711. The number of nitrogens with one attached hydrogen (secondary N) is 1. The maximum Gasteiger partial charge on any atom is 0.333 e. The molecule has 1 rings (SSSR count). The van der Waals surface area contributed by atoms with E-state index in [1.807, 2.05) is 6.92 Å². The van der Waals surface area contributed by atoms with Gasteiger partial charge < -0.3 is 19.6 Å². The Morgan fingerprint density at radius 3 is 2.76 bits per heavy atom. The summed E-state index contributed by atoms with van der Waals surface area (Å²) in [5.74, 6) is -0.827. The van der Waals surface area contributed by atoms with Gasteiger partial charge in [-0.3, -0.25) is 4.79 Å². The van der Waals surface area contributed by atoms with Gasteiger partial charge in [-0.1, -0.05) is 12.0 Å². The van der Waals surface area contributed by atoms with E-state index in [-0.39, 0.29) is 31.5 Å². The number of nitrogens with zero attached hydrogens (tertiary/aromatic N) is 3. The summed E-state index contributed by atoms with van der Waals surface area (Å²) in [4.78, 5) is 37.2. The third-order valence-electron chi connectivity index (χ3n) is 3.83. The molecule has 25 heavy (non-hydrogen) atoms. The highest BCUT2D eigenvalue weighted by molar-refractivity contribution is 5.89. The number of azide groups is 1. The molecule has 4 atom stereocenters. The van der Waals surface area contributed by atoms with Crippen molar-refractivity contribution < 1.29 is 23.9 Å². The standard InChI is InChI=1S/C16H24N4O5/c1-4-12(6-7-21)25-14-9-11(16(23)24-5-2)8-13(19-20-17)15(14)18-10(3)22/h7,9,12-15H,4-6,8H2,1-3H3,(H,18,22)/t12-,13+,14-,15-/m1/s1. The van der Waals surface area contributed by atoms with Crippen molar-refractivity contribution in [3.05, 3.63) is 22.1 Å². The second-order valence-electron chi connectivity index (χ2n) is 5.65. The van der Waals surface area contributed by atoms with Crippen molar-refractivity contribution in [3.63, 3.8) is 0 Å². The van der Waals surface area contributed by atoms with Crippen LogP contribution >= 0.6 is 0 Å². The summed E-state index contributed by atoms with van der Waals surface area (Å²) in [5.41, 5.74) is 9.15. The summed E-state index contributed by atoms with van der Waals surface area (Å²) in [6, 6.07) is -1.33. The molecule has 0 fully saturated rings. The summed E-state index contributed by atoms with van der Waals surface area (Å²) >= 11 is 0. The van der Waals surface area contributed by atoms with Crippen LogP contribution < -0.4 is 5.32 Å². The van der Waals surface area contributed by atoms with E-state index in [2.05, 4.69) is 15.3 Å². The Balaban J connectivity index is 3.18. The van der Waals surface area contributed by atoms with Gasteiger partial charge in [0.1, 0.15) is 6.29 Å². The number of carbonyl (C=O) groups excluding carboxylic acids is 3. The second-order valence-corrected chi connectivity index (χ2v) is 5.65. The molecule has 1 aliphatic rings. The number of hydrogen-bond acceptors (Lipinski definition) is 6. The van der Waals surface area contributed by atoms with Crippen molar-refractivity contribution in [2.75, 3.05) is 6.61 Å². The molecule has 138 valence electrons. The van der Waals surface area contributed by atoms with E-state index in [9.17, 15) is 14.4 Å². The molecule has 0 aromatic heterocycles. The van der Waals surface area contributed by atoms with Gasteiger partial charge in [-0.05, 0) is 31.4 Å². The number of rotatable bonds is 9. The number of carbonyl (C=O) groups is 3. The number of hydrogen-bond donors (Lipinski definition) is 1. The zero-order valence-electron chi connectivity index (χ0n) is 14.7. The lowest BCUT2D eigenvalue weighted by Crippen LogP contribution is -2.53. The van der Waals surface area contributed by atoms with Crippen LogP contribution in [0, 0.1) is 0 Å². The molecule has 1 amide bonds. The Morgan fingerprint density at radius 1 is 1.52 bits per heavy atom. The fraction of sp³-hybridized carbons (Fsp3) is 0.688.